The van der Waals surface area contributed by atoms with E-state index in [4.69, 9.17) is 9.97 Å². The van der Waals surface area contributed by atoms with Gasteiger partial charge in [0.15, 0.2) is 5.82 Å². The molecule has 1 saturated heterocycles. The van der Waals surface area contributed by atoms with Crippen molar-refractivity contribution in [2.24, 2.45) is 5.92 Å². The Morgan fingerprint density at radius 3 is 2.57 bits per heavy atom. The molecule has 164 valence electrons. The summed E-state index contributed by atoms with van der Waals surface area (Å²) in [4.78, 5) is 38.6. The fraction of sp³-hybridized carbons (Fsp3) is 0.739. The molecule has 0 unspecified atom stereocenters. The highest BCUT2D eigenvalue weighted by molar-refractivity contribution is 5.77. The number of amides is 2. The van der Waals surface area contributed by atoms with E-state index >= 15 is 0 Å². The number of likely N-dealkylation sites (tertiary alicyclic amines) is 1. The quantitative estimate of drug-likeness (QED) is 0.800. The molecule has 2 aliphatic heterocycles. The average molecular weight is 414 g/mol. The molecule has 3 aliphatic rings. The van der Waals surface area contributed by atoms with E-state index in [0.29, 0.717) is 19.5 Å². The minimum Gasteiger partial charge on any atom is -0.373 e. The molecule has 2 amide bonds. The molecule has 1 aliphatic carbocycles. The molecule has 1 saturated carbocycles. The lowest BCUT2D eigenvalue weighted by Crippen LogP contribution is -2.40. The van der Waals surface area contributed by atoms with Gasteiger partial charge in [-0.3, -0.25) is 9.59 Å². The second kappa shape index (κ2) is 9.31. The van der Waals surface area contributed by atoms with E-state index in [1.54, 1.807) is 6.92 Å². The van der Waals surface area contributed by atoms with Crippen LogP contribution in [0.15, 0.2) is 0 Å². The number of aromatic nitrogens is 2. The van der Waals surface area contributed by atoms with E-state index in [0.717, 1.165) is 67.5 Å². The minimum absolute atomic E-state index is 0.0556. The minimum atomic E-state index is -0.0556. The molecule has 0 radical (unpaired) electrons. The number of piperidine rings is 1. The summed E-state index contributed by atoms with van der Waals surface area (Å²) in [6, 6.07) is -0.0556. The third kappa shape index (κ3) is 4.44. The molecule has 30 heavy (non-hydrogen) atoms. The van der Waals surface area contributed by atoms with Crippen molar-refractivity contribution in [3.63, 3.8) is 0 Å². The highest BCUT2D eigenvalue weighted by Crippen LogP contribution is 2.34. The topological polar surface area (TPSA) is 78.4 Å². The van der Waals surface area contributed by atoms with Gasteiger partial charge in [-0.1, -0.05) is 25.7 Å². The summed E-state index contributed by atoms with van der Waals surface area (Å²) in [5, 5.41) is 3.23. The Balaban J connectivity index is 1.55. The summed E-state index contributed by atoms with van der Waals surface area (Å²) in [6.07, 6.45) is 10.7. The van der Waals surface area contributed by atoms with Gasteiger partial charge in [0.25, 0.3) is 0 Å². The van der Waals surface area contributed by atoms with Crippen LogP contribution < -0.4 is 5.32 Å². The van der Waals surface area contributed by atoms with Crippen molar-refractivity contribution in [2.75, 3.05) is 25.5 Å². The first kappa shape index (κ1) is 21.1. The molecule has 4 rings (SSSR count). The lowest BCUT2D eigenvalue weighted by Gasteiger charge is -2.36. The number of hydrogen-bond acceptors (Lipinski definition) is 5. The van der Waals surface area contributed by atoms with Crippen LogP contribution >= 0.6 is 0 Å². The zero-order valence-corrected chi connectivity index (χ0v) is 18.5. The van der Waals surface area contributed by atoms with Crippen LogP contribution in [0.25, 0.3) is 0 Å². The second-order valence-corrected chi connectivity index (χ2v) is 9.08. The third-order valence-electron chi connectivity index (χ3n) is 7.13. The normalized spacial score (nSPS) is 22.1. The van der Waals surface area contributed by atoms with Crippen molar-refractivity contribution >= 4 is 17.6 Å². The molecule has 0 aromatic carbocycles. The van der Waals surface area contributed by atoms with Gasteiger partial charge in [0, 0.05) is 39.0 Å². The first-order valence-electron chi connectivity index (χ1n) is 11.7. The first-order valence-corrected chi connectivity index (χ1v) is 11.7. The number of carbonyl (C=O) groups is 2. The molecule has 7 nitrogen and oxygen atoms in total. The molecule has 2 fully saturated rings. The van der Waals surface area contributed by atoms with E-state index in [1.165, 1.54) is 25.7 Å². The predicted molar refractivity (Wildman–Crippen MR) is 116 cm³/mol. The molecule has 0 spiro atoms. The maximum absolute atomic E-state index is 13.1. The molecule has 1 aromatic heterocycles. The van der Waals surface area contributed by atoms with Gasteiger partial charge in [0.2, 0.25) is 11.8 Å². The molecule has 0 bridgehead atoms. The Labute approximate surface area is 179 Å². The van der Waals surface area contributed by atoms with Gasteiger partial charge in [-0.05, 0) is 38.0 Å². The second-order valence-electron chi connectivity index (χ2n) is 9.08. The molecule has 1 aromatic rings. The van der Waals surface area contributed by atoms with Gasteiger partial charge >= 0.3 is 0 Å². The zero-order chi connectivity index (χ0) is 21.1. The fourth-order valence-electron chi connectivity index (χ4n) is 5.34. The van der Waals surface area contributed by atoms with Crippen molar-refractivity contribution in [3.8, 4) is 0 Å². The van der Waals surface area contributed by atoms with Crippen molar-refractivity contribution in [3.05, 3.63) is 17.1 Å². The number of fused-ring (bicyclic) bond motifs is 1. The van der Waals surface area contributed by atoms with E-state index < -0.39 is 0 Å². The highest BCUT2D eigenvalue weighted by atomic mass is 16.2. The third-order valence-corrected chi connectivity index (χ3v) is 7.13. The van der Waals surface area contributed by atoms with Crippen molar-refractivity contribution in [1.29, 1.82) is 0 Å². The molecule has 7 heteroatoms. The molecule has 1 N–H and O–H groups in total. The van der Waals surface area contributed by atoms with Gasteiger partial charge in [0.05, 0.1) is 18.3 Å². The summed E-state index contributed by atoms with van der Waals surface area (Å²) in [6.45, 7) is 3.63. The Morgan fingerprint density at radius 1 is 1.07 bits per heavy atom. The summed E-state index contributed by atoms with van der Waals surface area (Å²) in [5.74, 6) is 2.64. The molecular weight excluding hydrogens is 378 g/mol. The van der Waals surface area contributed by atoms with E-state index in [2.05, 4.69) is 5.32 Å². The Kier molecular flexibility index (Phi) is 6.54. The van der Waals surface area contributed by atoms with Crippen LogP contribution in [0.1, 0.15) is 87.8 Å². The largest absolute Gasteiger partial charge is 0.373 e. The van der Waals surface area contributed by atoms with Gasteiger partial charge in [0.1, 0.15) is 5.82 Å². The Hall–Kier alpha value is -2.18. The molecular formula is C23H35N5O2. The van der Waals surface area contributed by atoms with Crippen molar-refractivity contribution < 1.29 is 9.59 Å². The lowest BCUT2D eigenvalue weighted by molar-refractivity contribution is -0.135. The van der Waals surface area contributed by atoms with Crippen LogP contribution in [-0.4, -0.2) is 51.7 Å². The smallest absolute Gasteiger partial charge is 0.223 e. The predicted octanol–water partition coefficient (Wildman–Crippen LogP) is 3.45. The zero-order valence-electron chi connectivity index (χ0n) is 18.5. The van der Waals surface area contributed by atoms with Crippen LogP contribution in [0.4, 0.5) is 5.82 Å². The van der Waals surface area contributed by atoms with Crippen LogP contribution in [0.3, 0.4) is 0 Å². The maximum Gasteiger partial charge on any atom is 0.223 e. The van der Waals surface area contributed by atoms with Crippen LogP contribution in [0, 0.1) is 5.92 Å². The first-order chi connectivity index (χ1) is 14.6. The Morgan fingerprint density at radius 2 is 1.83 bits per heavy atom. The fourth-order valence-corrected chi connectivity index (χ4v) is 5.34. The summed E-state index contributed by atoms with van der Waals surface area (Å²) in [7, 11) is 1.88. The number of anilines is 1. The van der Waals surface area contributed by atoms with Crippen LogP contribution in [0.2, 0.25) is 0 Å². The van der Waals surface area contributed by atoms with Gasteiger partial charge < -0.3 is 15.1 Å². The van der Waals surface area contributed by atoms with Gasteiger partial charge in [-0.25, -0.2) is 9.97 Å². The maximum atomic E-state index is 13.1. The number of hydrogen-bond donors (Lipinski definition) is 1. The van der Waals surface area contributed by atoms with E-state index in [1.807, 2.05) is 16.8 Å². The number of rotatable bonds is 5. The van der Waals surface area contributed by atoms with E-state index in [-0.39, 0.29) is 17.9 Å². The van der Waals surface area contributed by atoms with Crippen LogP contribution in [0.5, 0.6) is 0 Å². The number of carbonyl (C=O) groups excluding carboxylic acids is 2. The number of nitrogens with one attached hydrogen (secondary N) is 1. The standard InChI is InChI=1S/C23H35N5O2/c1-16(29)27-14-12-18-19(15-27)25-23(26-22(18)24-2)20-9-5-6-13-28(20)21(30)11-10-17-7-3-4-8-17/h17,20H,3-15H2,1-2H3,(H,24,25,26)/t20-/m1/s1. The molecule has 3 heterocycles. The number of nitrogens with zero attached hydrogens (tertiary/aromatic N) is 4. The van der Waals surface area contributed by atoms with Crippen LogP contribution in [-0.2, 0) is 22.6 Å². The van der Waals surface area contributed by atoms with E-state index in [9.17, 15) is 9.59 Å². The van der Waals surface area contributed by atoms with Crippen molar-refractivity contribution in [2.45, 2.75) is 83.7 Å². The summed E-state index contributed by atoms with van der Waals surface area (Å²) in [5.41, 5.74) is 2.03. The monoisotopic (exact) mass is 413 g/mol. The lowest BCUT2D eigenvalue weighted by atomic mass is 9.97. The summed E-state index contributed by atoms with van der Waals surface area (Å²) >= 11 is 0. The average Bonchev–Trinajstić information content (AvgIpc) is 3.30. The van der Waals surface area contributed by atoms with Gasteiger partial charge in [-0.15, -0.1) is 0 Å². The van der Waals surface area contributed by atoms with Gasteiger partial charge in [-0.2, -0.15) is 0 Å². The highest BCUT2D eigenvalue weighted by Gasteiger charge is 2.32. The SMILES string of the molecule is CNc1nc([C@H]2CCCCN2C(=O)CCC2CCCC2)nc2c1CCN(C(C)=O)C2. The summed E-state index contributed by atoms with van der Waals surface area (Å²) < 4.78 is 0. The molecule has 1 atom stereocenters. The Bertz CT molecular complexity index is 790. The van der Waals surface area contributed by atoms with Crippen molar-refractivity contribution in [1.82, 2.24) is 19.8 Å².